The number of nitrogens with zero attached hydrogens (tertiary/aromatic N) is 2. The first kappa shape index (κ1) is 32.5. The minimum Gasteiger partial charge on any atom is -0.391 e. The van der Waals surface area contributed by atoms with Gasteiger partial charge in [0.2, 0.25) is 23.6 Å². The summed E-state index contributed by atoms with van der Waals surface area (Å²) in [5, 5.41) is 20.0. The lowest BCUT2D eigenvalue weighted by Gasteiger charge is -2.30. The summed E-state index contributed by atoms with van der Waals surface area (Å²) >= 11 is 0. The Morgan fingerprint density at radius 2 is 1.52 bits per heavy atom. The van der Waals surface area contributed by atoms with E-state index in [0.717, 1.165) is 16.5 Å². The second kappa shape index (κ2) is 14.1. The van der Waals surface area contributed by atoms with Crippen LogP contribution in [0.3, 0.4) is 0 Å². The molecule has 3 aromatic carbocycles. The van der Waals surface area contributed by atoms with E-state index in [9.17, 15) is 29.1 Å². The van der Waals surface area contributed by atoms with Crippen LogP contribution < -0.4 is 16.0 Å². The van der Waals surface area contributed by atoms with E-state index in [0.29, 0.717) is 11.1 Å². The van der Waals surface area contributed by atoms with Crippen LogP contribution in [0, 0.1) is 0 Å². The summed E-state index contributed by atoms with van der Waals surface area (Å²) in [6.45, 7) is 0.929. The van der Waals surface area contributed by atoms with Crippen LogP contribution >= 0.6 is 0 Å². The molecule has 2 saturated heterocycles. The third kappa shape index (κ3) is 7.08. The molecule has 0 saturated carbocycles. The molecule has 4 aromatic rings. The molecule has 12 heteroatoms. The maximum atomic E-state index is 14.2. The number of benzene rings is 3. The Morgan fingerprint density at radius 3 is 2.27 bits per heavy atom. The van der Waals surface area contributed by atoms with Crippen LogP contribution in [-0.4, -0.2) is 93.3 Å². The zero-order chi connectivity index (χ0) is 33.8. The van der Waals surface area contributed by atoms with Gasteiger partial charge in [0.25, 0.3) is 5.91 Å². The number of carbonyl (C=O) groups excluding carboxylic acids is 5. The summed E-state index contributed by atoms with van der Waals surface area (Å²) < 4.78 is 0. The lowest BCUT2D eigenvalue weighted by Crippen LogP contribution is -2.56. The van der Waals surface area contributed by atoms with Crippen molar-refractivity contribution in [1.29, 1.82) is 0 Å². The van der Waals surface area contributed by atoms with Gasteiger partial charge in [0, 0.05) is 48.6 Å². The van der Waals surface area contributed by atoms with Crippen LogP contribution in [0.2, 0.25) is 0 Å². The molecule has 3 heterocycles. The topological polar surface area (TPSA) is 164 Å². The summed E-state index contributed by atoms with van der Waals surface area (Å²) in [6, 6.07) is 21.2. The van der Waals surface area contributed by atoms with E-state index in [4.69, 9.17) is 0 Å². The minimum absolute atomic E-state index is 0.0222. The molecular weight excluding hydrogens is 612 g/mol. The van der Waals surface area contributed by atoms with E-state index in [1.807, 2.05) is 30.3 Å². The summed E-state index contributed by atoms with van der Waals surface area (Å²) in [6.07, 6.45) is 0.868. The van der Waals surface area contributed by atoms with Crippen molar-refractivity contribution >= 4 is 40.4 Å². The van der Waals surface area contributed by atoms with E-state index in [-0.39, 0.29) is 25.9 Å². The summed E-state index contributed by atoms with van der Waals surface area (Å²) in [5.41, 5.74) is 2.67. The second-order valence-corrected chi connectivity index (χ2v) is 12.3. The monoisotopic (exact) mass is 650 g/mol. The van der Waals surface area contributed by atoms with E-state index in [2.05, 4.69) is 20.9 Å². The molecule has 5 atom stereocenters. The highest BCUT2D eigenvalue weighted by Crippen LogP contribution is 2.24. The Hall–Kier alpha value is -5.49. The summed E-state index contributed by atoms with van der Waals surface area (Å²) in [7, 11) is 0. The number of hydrogen-bond donors (Lipinski definition) is 5. The molecule has 0 spiro atoms. The molecule has 0 unspecified atom stereocenters. The van der Waals surface area contributed by atoms with E-state index in [1.54, 1.807) is 60.8 Å². The molecule has 0 aliphatic carbocycles. The van der Waals surface area contributed by atoms with Crippen molar-refractivity contribution in [2.75, 3.05) is 19.6 Å². The molecule has 5 amide bonds. The third-order valence-corrected chi connectivity index (χ3v) is 8.91. The lowest BCUT2D eigenvalue weighted by molar-refractivity contribution is -0.142. The van der Waals surface area contributed by atoms with Crippen molar-refractivity contribution in [3.8, 4) is 0 Å². The van der Waals surface area contributed by atoms with Crippen molar-refractivity contribution in [3.05, 3.63) is 108 Å². The predicted octanol–water partition coefficient (Wildman–Crippen LogP) is 1.68. The number of carbonyl (C=O) groups is 5. The lowest BCUT2D eigenvalue weighted by atomic mass is 10.0. The molecule has 6 rings (SSSR count). The van der Waals surface area contributed by atoms with Crippen molar-refractivity contribution in [2.24, 2.45) is 0 Å². The smallest absolute Gasteiger partial charge is 0.254 e. The van der Waals surface area contributed by atoms with Crippen LogP contribution in [-0.2, 0) is 25.6 Å². The van der Waals surface area contributed by atoms with Crippen LogP contribution in [0.1, 0.15) is 40.9 Å². The quantitative estimate of drug-likeness (QED) is 0.226. The number of fused-ring (bicyclic) bond motifs is 2. The average molecular weight is 651 g/mol. The Bertz CT molecular complexity index is 1810. The molecule has 0 bridgehead atoms. The Morgan fingerprint density at radius 1 is 0.833 bits per heavy atom. The van der Waals surface area contributed by atoms with Gasteiger partial charge in [0.15, 0.2) is 0 Å². The van der Waals surface area contributed by atoms with Gasteiger partial charge in [-0.2, -0.15) is 0 Å². The van der Waals surface area contributed by atoms with Gasteiger partial charge in [-0.3, -0.25) is 24.0 Å². The maximum absolute atomic E-state index is 14.2. The highest BCUT2D eigenvalue weighted by atomic mass is 16.3. The first-order valence-corrected chi connectivity index (χ1v) is 16.0. The van der Waals surface area contributed by atoms with Gasteiger partial charge in [-0.05, 0) is 36.2 Å². The molecule has 0 radical (unpaired) electrons. The minimum atomic E-state index is -1.13. The second-order valence-electron chi connectivity index (χ2n) is 12.3. The van der Waals surface area contributed by atoms with E-state index >= 15 is 0 Å². The largest absolute Gasteiger partial charge is 0.391 e. The van der Waals surface area contributed by atoms with Gasteiger partial charge in [-0.25, -0.2) is 0 Å². The highest BCUT2D eigenvalue weighted by Gasteiger charge is 2.42. The normalized spacial score (nSPS) is 24.2. The maximum Gasteiger partial charge on any atom is 0.254 e. The Balaban J connectivity index is 1.39. The molecule has 2 aliphatic rings. The fraction of sp³-hybridized carbons (Fsp3) is 0.306. The number of amides is 5. The molecule has 12 nitrogen and oxygen atoms in total. The first-order valence-electron chi connectivity index (χ1n) is 16.0. The number of hydrogen-bond acceptors (Lipinski definition) is 6. The number of aliphatic hydroxyl groups is 1. The zero-order valence-corrected chi connectivity index (χ0v) is 26.5. The fourth-order valence-corrected chi connectivity index (χ4v) is 6.43. The van der Waals surface area contributed by atoms with Gasteiger partial charge in [0.1, 0.15) is 18.1 Å². The van der Waals surface area contributed by atoms with Gasteiger partial charge < -0.3 is 35.8 Å². The first-order chi connectivity index (χ1) is 23.2. The van der Waals surface area contributed by atoms with Gasteiger partial charge in [0.05, 0.1) is 18.7 Å². The summed E-state index contributed by atoms with van der Waals surface area (Å²) in [5.74, 6) is -2.70. The predicted molar refractivity (Wildman–Crippen MR) is 177 cm³/mol. The molecule has 248 valence electrons. The van der Waals surface area contributed by atoms with Crippen LogP contribution in [0.15, 0.2) is 91.1 Å². The van der Waals surface area contributed by atoms with Gasteiger partial charge in [-0.15, -0.1) is 0 Å². The Labute approximate surface area is 277 Å². The van der Waals surface area contributed by atoms with Gasteiger partial charge >= 0.3 is 0 Å². The van der Waals surface area contributed by atoms with Crippen molar-refractivity contribution in [1.82, 2.24) is 30.7 Å². The number of para-hydroxylation sites is 1. The highest BCUT2D eigenvalue weighted by molar-refractivity contribution is 5.98. The van der Waals surface area contributed by atoms with Crippen molar-refractivity contribution in [3.63, 3.8) is 0 Å². The number of aromatic amines is 1. The van der Waals surface area contributed by atoms with Crippen LogP contribution in [0.4, 0.5) is 0 Å². The average Bonchev–Trinajstić information content (AvgIpc) is 3.70. The number of H-pyrrole nitrogens is 1. The standard InChI is InChI=1S/C36H38N6O6/c1-22-33(45)40-30(23-10-4-2-5-11-23)20-41(35(47)24-12-6-3-7-13-24)21-32(44)39-29(16-25-18-37-28-15-9-8-14-27(25)28)36(48)42-19-26(43)17-31(42)34(46)38-22/h2-15,18,22,26,29-31,37,43H,16-17,19-21H2,1H3,(H,38,46)(H,39,44)(H,40,45)/t22-,26+,29+,30-,31-/m0/s1. The van der Waals surface area contributed by atoms with E-state index in [1.165, 1.54) is 16.7 Å². The van der Waals surface area contributed by atoms with E-state index < -0.39 is 66.4 Å². The molecule has 48 heavy (non-hydrogen) atoms. The summed E-state index contributed by atoms with van der Waals surface area (Å²) in [4.78, 5) is 74.9. The number of rotatable bonds is 4. The van der Waals surface area contributed by atoms with Crippen LogP contribution in [0.5, 0.6) is 0 Å². The SMILES string of the molecule is C[C@@H]1NC(=O)[C@@H]2C[C@@H](O)CN2C(=O)[C@@H](Cc2c[nH]c3ccccc23)NC(=O)CN(C(=O)c2ccccc2)C[C@@H](c2ccccc2)NC1=O. The number of aliphatic hydroxyl groups excluding tert-OH is 1. The fourth-order valence-electron chi connectivity index (χ4n) is 6.43. The Kier molecular flexibility index (Phi) is 9.53. The molecule has 1 aromatic heterocycles. The molecule has 5 N–H and O–H groups in total. The van der Waals surface area contributed by atoms with Gasteiger partial charge in [-0.1, -0.05) is 66.7 Å². The zero-order valence-electron chi connectivity index (χ0n) is 26.5. The molecule has 2 fully saturated rings. The van der Waals surface area contributed by atoms with Crippen molar-refractivity contribution < 1.29 is 29.1 Å². The number of aromatic nitrogens is 1. The van der Waals surface area contributed by atoms with Crippen LogP contribution in [0.25, 0.3) is 10.9 Å². The number of nitrogens with one attached hydrogen (secondary N) is 4. The molecular formula is C36H38N6O6. The van der Waals surface area contributed by atoms with Crippen molar-refractivity contribution in [2.45, 2.75) is 50.0 Å². The molecule has 2 aliphatic heterocycles. The third-order valence-electron chi connectivity index (χ3n) is 8.91.